The SMILES string of the molecule is O=C1CCC(c2noc3ccc4cc(OCCN5CC6CC6C5)ccc4c23)C(=O)C1. The van der Waals surface area contributed by atoms with Crippen LogP contribution < -0.4 is 4.74 Å². The Hall–Kier alpha value is -2.73. The monoisotopic (exact) mass is 404 g/mol. The molecule has 3 atom stereocenters. The molecule has 6 rings (SSSR count). The Kier molecular flexibility index (Phi) is 4.16. The topological polar surface area (TPSA) is 72.6 Å². The number of carbonyl (C=O) groups excluding carboxylic acids is 2. The number of benzene rings is 2. The fourth-order valence-electron chi connectivity index (χ4n) is 5.23. The van der Waals surface area contributed by atoms with Crippen LogP contribution in [0.15, 0.2) is 34.9 Å². The lowest BCUT2D eigenvalue weighted by Gasteiger charge is -2.18. The molecule has 1 aromatic heterocycles. The molecule has 3 fully saturated rings. The minimum Gasteiger partial charge on any atom is -0.492 e. The molecule has 30 heavy (non-hydrogen) atoms. The minimum atomic E-state index is -0.364. The molecule has 0 radical (unpaired) electrons. The average Bonchev–Trinajstić information content (AvgIpc) is 3.14. The van der Waals surface area contributed by atoms with Crippen molar-refractivity contribution in [3.05, 3.63) is 36.0 Å². The number of nitrogens with zero attached hydrogens (tertiary/aromatic N) is 2. The summed E-state index contributed by atoms with van der Waals surface area (Å²) in [5.41, 5.74) is 1.33. The Balaban J connectivity index is 1.25. The van der Waals surface area contributed by atoms with Crippen LogP contribution in [0.25, 0.3) is 21.7 Å². The third-order valence-corrected chi connectivity index (χ3v) is 6.98. The summed E-state index contributed by atoms with van der Waals surface area (Å²) in [6, 6.07) is 9.94. The summed E-state index contributed by atoms with van der Waals surface area (Å²) in [5.74, 6) is 2.33. The standard InChI is InChI=1S/C24H24N2O4/c27-17-2-4-20(21(28)11-17)24-23-19-5-3-18(10-14(19)1-6-22(23)30-25-24)29-8-7-26-12-15-9-16(15)13-26/h1,3,5-6,10,15-16,20H,2,4,7-9,11-13H2. The van der Waals surface area contributed by atoms with E-state index < -0.39 is 0 Å². The zero-order valence-corrected chi connectivity index (χ0v) is 16.8. The second kappa shape index (κ2) is 6.91. The fraction of sp³-hybridized carbons (Fsp3) is 0.458. The van der Waals surface area contributed by atoms with Crippen molar-refractivity contribution >= 4 is 33.3 Å². The van der Waals surface area contributed by atoms with Gasteiger partial charge in [0.1, 0.15) is 29.6 Å². The molecule has 0 amide bonds. The number of ketones is 2. The maximum atomic E-state index is 12.5. The Bertz CT molecular complexity index is 1160. The summed E-state index contributed by atoms with van der Waals surface area (Å²) in [5, 5.41) is 7.14. The molecule has 0 spiro atoms. The third-order valence-electron chi connectivity index (χ3n) is 6.98. The first-order valence-electron chi connectivity index (χ1n) is 10.9. The average molecular weight is 404 g/mol. The maximum absolute atomic E-state index is 12.5. The lowest BCUT2D eigenvalue weighted by molar-refractivity contribution is -0.130. The summed E-state index contributed by atoms with van der Waals surface area (Å²) in [4.78, 5) is 26.6. The number of rotatable bonds is 5. The first-order valence-corrected chi connectivity index (χ1v) is 10.9. The molecule has 2 heterocycles. The van der Waals surface area contributed by atoms with Crippen LogP contribution >= 0.6 is 0 Å². The van der Waals surface area contributed by atoms with Gasteiger partial charge in [0.2, 0.25) is 0 Å². The molecule has 6 nitrogen and oxygen atoms in total. The van der Waals surface area contributed by atoms with E-state index in [2.05, 4.69) is 10.1 Å². The summed E-state index contributed by atoms with van der Waals surface area (Å²) in [6.45, 7) is 4.12. The highest BCUT2D eigenvalue weighted by atomic mass is 16.5. The predicted molar refractivity (Wildman–Crippen MR) is 112 cm³/mol. The largest absolute Gasteiger partial charge is 0.492 e. The van der Waals surface area contributed by atoms with Gasteiger partial charge in [-0.05, 0) is 59.7 Å². The number of aromatic nitrogens is 1. The Morgan fingerprint density at radius 3 is 2.83 bits per heavy atom. The van der Waals surface area contributed by atoms with Crippen LogP contribution in [0.1, 0.15) is 37.3 Å². The third kappa shape index (κ3) is 3.10. The van der Waals surface area contributed by atoms with Crippen molar-refractivity contribution in [2.45, 2.75) is 31.6 Å². The van der Waals surface area contributed by atoms with Crippen LogP contribution in [0.4, 0.5) is 0 Å². The molecule has 3 unspecified atom stereocenters. The van der Waals surface area contributed by atoms with E-state index in [1.54, 1.807) is 0 Å². The van der Waals surface area contributed by atoms with Crippen LogP contribution in [0, 0.1) is 11.8 Å². The molecule has 2 aromatic carbocycles. The molecule has 154 valence electrons. The Labute approximate surface area is 174 Å². The highest BCUT2D eigenvalue weighted by molar-refractivity contribution is 6.11. The van der Waals surface area contributed by atoms with Crippen LogP contribution in [-0.2, 0) is 9.59 Å². The van der Waals surface area contributed by atoms with Crippen molar-refractivity contribution in [3.8, 4) is 5.75 Å². The number of fused-ring (bicyclic) bond motifs is 4. The van der Waals surface area contributed by atoms with Crippen molar-refractivity contribution in [2.24, 2.45) is 11.8 Å². The minimum absolute atomic E-state index is 0.000283. The summed E-state index contributed by atoms with van der Waals surface area (Å²) < 4.78 is 11.5. The molecular weight excluding hydrogens is 380 g/mol. The Morgan fingerprint density at radius 1 is 1.13 bits per heavy atom. The van der Waals surface area contributed by atoms with Crippen LogP contribution in [0.2, 0.25) is 0 Å². The summed E-state index contributed by atoms with van der Waals surface area (Å²) in [6.07, 6.45) is 2.35. The molecule has 2 saturated carbocycles. The fourth-order valence-corrected chi connectivity index (χ4v) is 5.23. The number of hydrogen-bond donors (Lipinski definition) is 0. The highest BCUT2D eigenvalue weighted by Crippen LogP contribution is 2.44. The zero-order chi connectivity index (χ0) is 20.2. The Morgan fingerprint density at radius 2 is 2.00 bits per heavy atom. The smallest absolute Gasteiger partial charge is 0.167 e. The number of piperidine rings is 1. The second-order valence-corrected chi connectivity index (χ2v) is 9.03. The second-order valence-electron chi connectivity index (χ2n) is 9.03. The van der Waals surface area contributed by atoms with E-state index in [1.165, 1.54) is 19.5 Å². The molecule has 3 aliphatic rings. The molecule has 0 bridgehead atoms. The molecule has 2 aliphatic carbocycles. The predicted octanol–water partition coefficient (Wildman–Crippen LogP) is 3.72. The van der Waals surface area contributed by atoms with Crippen LogP contribution in [0.3, 0.4) is 0 Å². The first kappa shape index (κ1) is 18.1. The molecule has 1 aliphatic heterocycles. The van der Waals surface area contributed by atoms with E-state index >= 15 is 0 Å². The van der Waals surface area contributed by atoms with Gasteiger partial charge in [0, 0.05) is 26.1 Å². The number of ether oxygens (including phenoxy) is 1. The van der Waals surface area contributed by atoms with Gasteiger partial charge >= 0.3 is 0 Å². The number of Topliss-reactive ketones (excluding diaryl/α,β-unsaturated/α-hetero) is 2. The van der Waals surface area contributed by atoms with E-state index in [0.29, 0.717) is 30.7 Å². The van der Waals surface area contributed by atoms with E-state index in [-0.39, 0.29) is 23.9 Å². The molecular formula is C24H24N2O4. The molecule has 1 saturated heterocycles. The van der Waals surface area contributed by atoms with Gasteiger partial charge in [-0.25, -0.2) is 0 Å². The van der Waals surface area contributed by atoms with Gasteiger partial charge in [-0.1, -0.05) is 11.2 Å². The van der Waals surface area contributed by atoms with Crippen molar-refractivity contribution in [1.82, 2.24) is 10.1 Å². The van der Waals surface area contributed by atoms with E-state index in [1.807, 2.05) is 30.3 Å². The van der Waals surface area contributed by atoms with Gasteiger partial charge in [0.25, 0.3) is 0 Å². The van der Waals surface area contributed by atoms with Crippen LogP contribution in [-0.4, -0.2) is 47.9 Å². The zero-order valence-electron chi connectivity index (χ0n) is 16.8. The number of likely N-dealkylation sites (tertiary alicyclic amines) is 1. The summed E-state index contributed by atoms with van der Waals surface area (Å²) in [7, 11) is 0. The van der Waals surface area contributed by atoms with Gasteiger partial charge in [-0.2, -0.15) is 0 Å². The number of carbonyl (C=O) groups is 2. The lowest BCUT2D eigenvalue weighted by atomic mass is 9.83. The van der Waals surface area contributed by atoms with Gasteiger partial charge in [0.05, 0.1) is 17.7 Å². The van der Waals surface area contributed by atoms with Crippen molar-refractivity contribution in [2.75, 3.05) is 26.2 Å². The van der Waals surface area contributed by atoms with Crippen molar-refractivity contribution in [1.29, 1.82) is 0 Å². The van der Waals surface area contributed by atoms with Gasteiger partial charge in [0.15, 0.2) is 5.58 Å². The maximum Gasteiger partial charge on any atom is 0.167 e. The van der Waals surface area contributed by atoms with Crippen molar-refractivity contribution in [3.63, 3.8) is 0 Å². The highest BCUT2D eigenvalue weighted by Gasteiger charge is 2.44. The molecule has 3 aromatic rings. The van der Waals surface area contributed by atoms with Gasteiger partial charge in [-0.3, -0.25) is 14.5 Å². The van der Waals surface area contributed by atoms with E-state index in [4.69, 9.17) is 9.26 Å². The first-order chi connectivity index (χ1) is 14.7. The molecule has 6 heteroatoms. The molecule has 0 N–H and O–H groups in total. The normalized spacial score (nSPS) is 26.5. The van der Waals surface area contributed by atoms with E-state index in [0.717, 1.165) is 40.3 Å². The van der Waals surface area contributed by atoms with Gasteiger partial charge < -0.3 is 9.26 Å². The van der Waals surface area contributed by atoms with Gasteiger partial charge in [-0.15, -0.1) is 0 Å². The van der Waals surface area contributed by atoms with Crippen LogP contribution in [0.5, 0.6) is 5.75 Å². The summed E-state index contributed by atoms with van der Waals surface area (Å²) >= 11 is 0. The lowest BCUT2D eigenvalue weighted by Crippen LogP contribution is -2.27. The van der Waals surface area contributed by atoms with E-state index in [9.17, 15) is 9.59 Å². The number of hydrogen-bond acceptors (Lipinski definition) is 6. The van der Waals surface area contributed by atoms with Crippen molar-refractivity contribution < 1.29 is 18.8 Å². The quantitative estimate of drug-likeness (QED) is 0.604.